The summed E-state index contributed by atoms with van der Waals surface area (Å²) in [6.07, 6.45) is 0. The lowest BCUT2D eigenvalue weighted by Crippen LogP contribution is -1.91. The van der Waals surface area contributed by atoms with E-state index in [1.54, 1.807) is 18.2 Å². The highest BCUT2D eigenvalue weighted by molar-refractivity contribution is 6.32. The molecule has 18 heavy (non-hydrogen) atoms. The number of hydrogen-bond acceptors (Lipinski definition) is 1. The van der Waals surface area contributed by atoms with E-state index < -0.39 is 0 Å². The summed E-state index contributed by atoms with van der Waals surface area (Å²) in [5.41, 5.74) is 1.81. The second-order valence-corrected chi connectivity index (χ2v) is 4.96. The molecule has 4 heteroatoms. The third-order valence-corrected chi connectivity index (χ3v) is 3.55. The second-order valence-electron chi connectivity index (χ2n) is 3.87. The normalized spacial score (nSPS) is 10.4. The number of aryl methyl sites for hydroxylation is 1. The lowest BCUT2D eigenvalue weighted by Gasteiger charge is -2.12. The first kappa shape index (κ1) is 13.5. The van der Waals surface area contributed by atoms with Gasteiger partial charge in [-0.1, -0.05) is 35.3 Å². The minimum Gasteiger partial charge on any atom is -0.455 e. The van der Waals surface area contributed by atoms with Crippen LogP contribution in [0, 0.1) is 6.92 Å². The summed E-state index contributed by atoms with van der Waals surface area (Å²) in [6.45, 7) is 1.92. The van der Waals surface area contributed by atoms with Crippen molar-refractivity contribution in [1.82, 2.24) is 0 Å². The van der Waals surface area contributed by atoms with Gasteiger partial charge >= 0.3 is 0 Å². The Morgan fingerprint density at radius 1 is 1.06 bits per heavy atom. The molecule has 0 radical (unpaired) electrons. The van der Waals surface area contributed by atoms with Crippen LogP contribution in [0.25, 0.3) is 0 Å². The smallest absolute Gasteiger partial charge is 0.150 e. The van der Waals surface area contributed by atoms with E-state index in [4.69, 9.17) is 39.5 Å². The van der Waals surface area contributed by atoms with Gasteiger partial charge in [0.2, 0.25) is 0 Å². The quantitative estimate of drug-likeness (QED) is 0.648. The largest absolute Gasteiger partial charge is 0.455 e. The van der Waals surface area contributed by atoms with E-state index in [2.05, 4.69) is 0 Å². The van der Waals surface area contributed by atoms with Crippen LogP contribution in [0.2, 0.25) is 10.0 Å². The molecule has 94 valence electrons. The molecule has 0 saturated heterocycles. The molecule has 1 nitrogen and oxygen atoms in total. The average Bonchev–Trinajstić information content (AvgIpc) is 2.36. The Morgan fingerprint density at radius 2 is 1.83 bits per heavy atom. The molecular weight excluding hydrogens is 291 g/mol. The maximum absolute atomic E-state index is 6.12. The molecule has 2 aromatic rings. The van der Waals surface area contributed by atoms with Crippen LogP contribution in [-0.4, -0.2) is 0 Å². The highest BCUT2D eigenvalue weighted by Gasteiger charge is 2.09. The zero-order valence-electron chi connectivity index (χ0n) is 9.71. The molecule has 0 unspecified atom stereocenters. The fraction of sp³-hybridized carbons (Fsp3) is 0.143. The zero-order valence-corrected chi connectivity index (χ0v) is 12.0. The Hall–Kier alpha value is -0.890. The number of para-hydroxylation sites is 1. The summed E-state index contributed by atoms with van der Waals surface area (Å²) < 4.78 is 5.79. The van der Waals surface area contributed by atoms with Gasteiger partial charge in [-0.3, -0.25) is 0 Å². The standard InChI is InChI=1S/C14H11Cl3O/c1-9-7-11(5-6-12(9)16)18-14-10(8-15)3-2-4-13(14)17/h2-7H,8H2,1H3. The van der Waals surface area contributed by atoms with E-state index >= 15 is 0 Å². The van der Waals surface area contributed by atoms with Gasteiger partial charge in [0, 0.05) is 10.6 Å². The van der Waals surface area contributed by atoms with Crippen LogP contribution in [-0.2, 0) is 5.88 Å². The summed E-state index contributed by atoms with van der Waals surface area (Å²) in [6, 6.07) is 11.0. The first-order chi connectivity index (χ1) is 8.61. The molecule has 0 aliphatic rings. The monoisotopic (exact) mass is 300 g/mol. The maximum Gasteiger partial charge on any atom is 0.150 e. The SMILES string of the molecule is Cc1cc(Oc2c(Cl)cccc2CCl)ccc1Cl. The molecule has 0 saturated carbocycles. The average molecular weight is 302 g/mol. The van der Waals surface area contributed by atoms with Crippen molar-refractivity contribution < 1.29 is 4.74 Å². The summed E-state index contributed by atoms with van der Waals surface area (Å²) in [5, 5.41) is 1.25. The van der Waals surface area contributed by atoms with E-state index in [0.717, 1.165) is 11.1 Å². The minimum atomic E-state index is 0.350. The molecule has 0 aromatic heterocycles. The van der Waals surface area contributed by atoms with E-state index in [0.29, 0.717) is 27.4 Å². The van der Waals surface area contributed by atoms with Crippen molar-refractivity contribution in [2.45, 2.75) is 12.8 Å². The Balaban J connectivity index is 2.36. The first-order valence-electron chi connectivity index (χ1n) is 5.39. The predicted molar refractivity (Wildman–Crippen MR) is 77.3 cm³/mol. The van der Waals surface area contributed by atoms with Gasteiger partial charge in [0.05, 0.1) is 10.9 Å². The number of alkyl halides is 1. The number of halogens is 3. The van der Waals surface area contributed by atoms with Gasteiger partial charge in [0.25, 0.3) is 0 Å². The third kappa shape index (κ3) is 2.92. The van der Waals surface area contributed by atoms with E-state index in [1.165, 1.54) is 0 Å². The van der Waals surface area contributed by atoms with Gasteiger partial charge in [0.1, 0.15) is 11.5 Å². The van der Waals surface area contributed by atoms with Crippen molar-refractivity contribution in [3.8, 4) is 11.5 Å². The van der Waals surface area contributed by atoms with Crippen LogP contribution in [0.4, 0.5) is 0 Å². The molecular formula is C14H11Cl3O. The van der Waals surface area contributed by atoms with E-state index in [-0.39, 0.29) is 0 Å². The van der Waals surface area contributed by atoms with Crippen molar-refractivity contribution in [2.75, 3.05) is 0 Å². The van der Waals surface area contributed by atoms with Crippen LogP contribution >= 0.6 is 34.8 Å². The van der Waals surface area contributed by atoms with Gasteiger partial charge in [-0.25, -0.2) is 0 Å². The number of benzene rings is 2. The summed E-state index contributed by atoms with van der Waals surface area (Å²) in [7, 11) is 0. The molecule has 2 rings (SSSR count). The molecule has 0 N–H and O–H groups in total. The molecule has 0 bridgehead atoms. The predicted octanol–water partition coefficient (Wildman–Crippen LogP) is 5.83. The molecule has 0 spiro atoms. The highest BCUT2D eigenvalue weighted by atomic mass is 35.5. The van der Waals surface area contributed by atoms with Crippen molar-refractivity contribution in [3.63, 3.8) is 0 Å². The van der Waals surface area contributed by atoms with Crippen molar-refractivity contribution >= 4 is 34.8 Å². The van der Waals surface area contributed by atoms with Crippen LogP contribution in [0.15, 0.2) is 36.4 Å². The Bertz CT molecular complexity index is 567. The molecule has 0 amide bonds. The first-order valence-corrected chi connectivity index (χ1v) is 6.68. The summed E-state index contributed by atoms with van der Waals surface area (Å²) in [5.74, 6) is 1.63. The Kier molecular flexibility index (Phi) is 4.39. The van der Waals surface area contributed by atoms with Gasteiger partial charge in [-0.05, 0) is 36.8 Å². The number of ether oxygens (including phenoxy) is 1. The molecule has 0 atom stereocenters. The Morgan fingerprint density at radius 3 is 2.50 bits per heavy atom. The molecule has 0 heterocycles. The summed E-state index contributed by atoms with van der Waals surface area (Å²) >= 11 is 18.0. The van der Waals surface area contributed by atoms with Crippen LogP contribution in [0.3, 0.4) is 0 Å². The third-order valence-electron chi connectivity index (χ3n) is 2.54. The van der Waals surface area contributed by atoms with Gasteiger partial charge in [0.15, 0.2) is 0 Å². The molecule has 0 aliphatic carbocycles. The van der Waals surface area contributed by atoms with Crippen molar-refractivity contribution in [3.05, 3.63) is 57.6 Å². The fourth-order valence-corrected chi connectivity index (χ4v) is 2.13. The van der Waals surface area contributed by atoms with Crippen LogP contribution in [0.5, 0.6) is 11.5 Å². The lowest BCUT2D eigenvalue weighted by molar-refractivity contribution is 0.478. The molecule has 0 aliphatic heterocycles. The molecule has 2 aromatic carbocycles. The minimum absolute atomic E-state index is 0.350. The fourth-order valence-electron chi connectivity index (χ4n) is 1.57. The van der Waals surface area contributed by atoms with E-state index in [1.807, 2.05) is 25.1 Å². The van der Waals surface area contributed by atoms with E-state index in [9.17, 15) is 0 Å². The van der Waals surface area contributed by atoms with Gasteiger partial charge < -0.3 is 4.74 Å². The van der Waals surface area contributed by atoms with Crippen molar-refractivity contribution in [1.29, 1.82) is 0 Å². The molecule has 0 fully saturated rings. The van der Waals surface area contributed by atoms with Crippen LogP contribution < -0.4 is 4.74 Å². The lowest BCUT2D eigenvalue weighted by atomic mass is 10.2. The number of hydrogen-bond donors (Lipinski definition) is 0. The topological polar surface area (TPSA) is 9.23 Å². The highest BCUT2D eigenvalue weighted by Crippen LogP contribution is 2.34. The van der Waals surface area contributed by atoms with Crippen LogP contribution in [0.1, 0.15) is 11.1 Å². The van der Waals surface area contributed by atoms with Gasteiger partial charge in [-0.2, -0.15) is 0 Å². The second kappa shape index (κ2) is 5.83. The van der Waals surface area contributed by atoms with Crippen molar-refractivity contribution in [2.24, 2.45) is 0 Å². The zero-order chi connectivity index (χ0) is 13.1. The maximum atomic E-state index is 6.12. The van der Waals surface area contributed by atoms with Gasteiger partial charge in [-0.15, -0.1) is 11.6 Å². The summed E-state index contributed by atoms with van der Waals surface area (Å²) in [4.78, 5) is 0. The number of rotatable bonds is 3. The Labute approximate surface area is 121 Å².